The number of halogens is 6. The Morgan fingerprint density at radius 3 is 1.53 bits per heavy atom. The van der Waals surface area contributed by atoms with E-state index in [0.717, 1.165) is 84.1 Å². The van der Waals surface area contributed by atoms with Crippen LogP contribution in [-0.2, 0) is 26.2 Å². The van der Waals surface area contributed by atoms with Gasteiger partial charge in [0.15, 0.2) is 17.5 Å². The second-order valence-electron chi connectivity index (χ2n) is 16.3. The van der Waals surface area contributed by atoms with E-state index in [-0.39, 0.29) is 16.6 Å². The third-order valence-corrected chi connectivity index (χ3v) is 12.7. The van der Waals surface area contributed by atoms with Crippen LogP contribution in [0.15, 0.2) is 180 Å². The molecule has 2 aliphatic rings. The van der Waals surface area contributed by atoms with Gasteiger partial charge in [-0.05, 0) is 91.0 Å². The predicted molar refractivity (Wildman–Crippen MR) is 287 cm³/mol. The number of aromatic hydroxyl groups is 1. The molecule has 0 atom stereocenters. The highest BCUT2D eigenvalue weighted by atomic mass is 79.9. The summed E-state index contributed by atoms with van der Waals surface area (Å²) >= 11 is 12.4. The number of hydrogen-bond acceptors (Lipinski definition) is 13. The second kappa shape index (κ2) is 24.8. The first kappa shape index (κ1) is 51.8. The number of pyridine rings is 6. The lowest BCUT2D eigenvalue weighted by Crippen LogP contribution is -2.33. The highest BCUT2D eigenvalue weighted by Gasteiger charge is 2.17. The number of ether oxygens (including phenoxy) is 2. The molecule has 10 heterocycles. The Morgan fingerprint density at radius 1 is 0.520 bits per heavy atom. The van der Waals surface area contributed by atoms with Crippen molar-refractivity contribution in [3.05, 3.63) is 215 Å². The van der Waals surface area contributed by atoms with Gasteiger partial charge in [0, 0.05) is 108 Å². The van der Waals surface area contributed by atoms with E-state index in [1.165, 1.54) is 24.8 Å². The number of aromatic nitrogens is 10. The standard InChI is InChI=1S/C20H16FN5O.C14H8BrFN2O.C8H4ClFN2.C6H5BrO.C6H9N3/c21-17-12-22-11-16-18(5-6-24-20(16)17)27-15-3-1-14(2-4-15)26-10-9-25-8-7-23-19(25)13-26;15-9-1-3-10(4-2-9)19-13-5-6-18-14-11(13)7-17-8-12(14)16;9-6-1-2-12-8-5(6)3-11-4-7(8)10;7-5-1-3-6(8)4-2-5;1-3-9-4-2-8-6(9)5-7-1/h1-8,11-12H,9-10,13H2;1-8H;1-4H;1-4,8H;2,4,7H,1,3,5H2. The first-order valence-electron chi connectivity index (χ1n) is 23.0. The fourth-order valence-corrected chi connectivity index (χ4v) is 8.35. The van der Waals surface area contributed by atoms with E-state index < -0.39 is 17.5 Å². The number of benzene rings is 3. The molecule has 21 heteroatoms. The molecular weight excluding hydrogens is 1120 g/mol. The van der Waals surface area contributed by atoms with Gasteiger partial charge in [0.05, 0.1) is 47.5 Å². The van der Waals surface area contributed by atoms with E-state index in [0.29, 0.717) is 49.9 Å². The van der Waals surface area contributed by atoms with E-state index in [9.17, 15) is 13.2 Å². The molecule has 15 nitrogen and oxygen atoms in total. The van der Waals surface area contributed by atoms with Crippen molar-refractivity contribution in [1.82, 2.24) is 54.3 Å². The van der Waals surface area contributed by atoms with E-state index in [1.54, 1.807) is 54.9 Å². The predicted octanol–water partition coefficient (Wildman–Crippen LogP) is 12.7. The van der Waals surface area contributed by atoms with Crippen LogP contribution >= 0.6 is 43.5 Å². The normalized spacial score (nSPS) is 12.3. The average Bonchev–Trinajstić information content (AvgIpc) is 4.13. The molecule has 0 bridgehead atoms. The number of anilines is 1. The average molecular weight is 1160 g/mol. The van der Waals surface area contributed by atoms with Crippen molar-refractivity contribution in [1.29, 1.82) is 0 Å². The summed E-state index contributed by atoms with van der Waals surface area (Å²) in [5.41, 5.74) is 1.88. The largest absolute Gasteiger partial charge is 0.508 e. The smallest absolute Gasteiger partial charge is 0.167 e. The highest BCUT2D eigenvalue weighted by Crippen LogP contribution is 2.32. The summed E-state index contributed by atoms with van der Waals surface area (Å²) in [6, 6.07) is 27.1. The van der Waals surface area contributed by atoms with Gasteiger partial charge in [0.1, 0.15) is 56.9 Å². The van der Waals surface area contributed by atoms with Gasteiger partial charge in [-0.25, -0.2) is 23.1 Å². The quantitative estimate of drug-likeness (QED) is 0.167. The molecule has 0 saturated heterocycles. The molecule has 0 saturated carbocycles. The molecule has 3 aromatic carbocycles. The number of nitrogens with one attached hydrogen (secondary N) is 1. The molecule has 11 aromatic rings. The van der Waals surface area contributed by atoms with Gasteiger partial charge in [0.25, 0.3) is 0 Å². The summed E-state index contributed by atoms with van der Waals surface area (Å²) < 4.78 is 58.4. The molecule has 0 spiro atoms. The lowest BCUT2D eigenvalue weighted by molar-refractivity contribution is 0.475. The van der Waals surface area contributed by atoms with Crippen LogP contribution in [0.3, 0.4) is 0 Å². The summed E-state index contributed by atoms with van der Waals surface area (Å²) in [4.78, 5) is 34.1. The van der Waals surface area contributed by atoms with Crippen LogP contribution in [0.5, 0.6) is 28.7 Å². The summed E-state index contributed by atoms with van der Waals surface area (Å²) in [6.07, 6.45) is 20.2. The Balaban J connectivity index is 0.000000124. The van der Waals surface area contributed by atoms with E-state index in [2.05, 4.69) is 91.1 Å². The minimum atomic E-state index is -0.461. The SMILES string of the molecule is Fc1cncc2c(Cl)ccnc12.Fc1cncc2c(Oc3ccc(Br)cc3)ccnc12.Fc1cncc2c(Oc3ccc(N4CCn5ccnc5C4)cc3)ccnc12.Oc1ccc(Br)cc1.c1cn2c(n1)CNCC2. The molecule has 2 aliphatic heterocycles. The van der Waals surface area contributed by atoms with E-state index in [1.807, 2.05) is 73.3 Å². The van der Waals surface area contributed by atoms with E-state index in [4.69, 9.17) is 26.2 Å². The van der Waals surface area contributed by atoms with Crippen LogP contribution in [-0.4, -0.2) is 67.2 Å². The van der Waals surface area contributed by atoms with Crippen LogP contribution < -0.4 is 19.7 Å². The maximum absolute atomic E-state index is 13.9. The number of fused-ring (bicyclic) bond motifs is 5. The van der Waals surface area contributed by atoms with Gasteiger partial charge in [-0.3, -0.25) is 29.9 Å². The Kier molecular flexibility index (Phi) is 17.1. The van der Waals surface area contributed by atoms with Crippen molar-refractivity contribution in [2.45, 2.75) is 26.2 Å². The Bertz CT molecular complexity index is 3590. The molecule has 0 radical (unpaired) electrons. The number of phenolic OH excluding ortho intramolecular Hbond substituents is 1. The zero-order valence-corrected chi connectivity index (χ0v) is 43.3. The van der Waals surface area contributed by atoms with Gasteiger partial charge < -0.3 is 33.9 Å². The van der Waals surface area contributed by atoms with Gasteiger partial charge in [-0.2, -0.15) is 0 Å². The van der Waals surface area contributed by atoms with Crippen LogP contribution in [0.1, 0.15) is 11.6 Å². The van der Waals surface area contributed by atoms with Gasteiger partial charge in [-0.1, -0.05) is 43.5 Å². The highest BCUT2D eigenvalue weighted by molar-refractivity contribution is 9.10. The molecule has 0 amide bonds. The zero-order chi connectivity index (χ0) is 52.1. The maximum Gasteiger partial charge on any atom is 0.167 e. The van der Waals surface area contributed by atoms with Crippen molar-refractivity contribution in [2.24, 2.45) is 0 Å². The number of rotatable bonds is 5. The van der Waals surface area contributed by atoms with Crippen molar-refractivity contribution in [2.75, 3.05) is 18.0 Å². The summed E-state index contributed by atoms with van der Waals surface area (Å²) in [5, 5.41) is 14.1. The lowest BCUT2D eigenvalue weighted by Gasteiger charge is -2.29. The lowest BCUT2D eigenvalue weighted by atomic mass is 10.2. The molecule has 8 aromatic heterocycles. The van der Waals surface area contributed by atoms with Crippen molar-refractivity contribution in [3.63, 3.8) is 0 Å². The minimum Gasteiger partial charge on any atom is -0.508 e. The first-order chi connectivity index (χ1) is 36.6. The summed E-state index contributed by atoms with van der Waals surface area (Å²) in [5.74, 6) is 3.55. The number of nitrogens with zero attached hydrogens (tertiary/aromatic N) is 11. The molecule has 0 fully saturated rings. The van der Waals surface area contributed by atoms with Crippen LogP contribution in [0.4, 0.5) is 18.9 Å². The van der Waals surface area contributed by atoms with Crippen molar-refractivity contribution < 1.29 is 27.8 Å². The molecule has 13 rings (SSSR count). The van der Waals surface area contributed by atoms with Gasteiger partial charge in [-0.15, -0.1) is 0 Å². The van der Waals surface area contributed by atoms with Gasteiger partial charge in [0.2, 0.25) is 0 Å². The number of phenols is 1. The molecular formula is C54H42Br2ClF3N12O3. The molecule has 75 heavy (non-hydrogen) atoms. The second-order valence-corrected chi connectivity index (χ2v) is 18.5. The van der Waals surface area contributed by atoms with Crippen LogP contribution in [0.25, 0.3) is 32.7 Å². The van der Waals surface area contributed by atoms with E-state index >= 15 is 0 Å². The van der Waals surface area contributed by atoms with Crippen LogP contribution in [0.2, 0.25) is 5.02 Å². The fraction of sp³-hybridized carbons (Fsp3) is 0.111. The minimum absolute atomic E-state index is 0.253. The van der Waals surface area contributed by atoms with Crippen molar-refractivity contribution >= 4 is 81.9 Å². The van der Waals surface area contributed by atoms with Crippen molar-refractivity contribution in [3.8, 4) is 28.7 Å². The Hall–Kier alpha value is -8.04. The molecule has 0 unspecified atom stereocenters. The topological polar surface area (TPSA) is 167 Å². The third-order valence-electron chi connectivity index (χ3n) is 11.3. The van der Waals surface area contributed by atoms with Crippen LogP contribution in [0, 0.1) is 17.5 Å². The molecule has 378 valence electrons. The zero-order valence-electron chi connectivity index (χ0n) is 39.4. The summed E-state index contributed by atoms with van der Waals surface area (Å²) in [7, 11) is 0. The molecule has 2 N–H and O–H groups in total. The monoisotopic (exact) mass is 1160 g/mol. The Morgan fingerprint density at radius 2 is 1.00 bits per heavy atom. The Labute approximate surface area is 449 Å². The third kappa shape index (κ3) is 13.4. The maximum atomic E-state index is 13.9. The number of hydrogen-bond donors (Lipinski definition) is 2. The first-order valence-corrected chi connectivity index (χ1v) is 24.9. The summed E-state index contributed by atoms with van der Waals surface area (Å²) in [6.45, 7) is 5.71. The molecule has 0 aliphatic carbocycles. The van der Waals surface area contributed by atoms with Gasteiger partial charge >= 0.3 is 0 Å². The fourth-order valence-electron chi connectivity index (χ4n) is 7.62. The number of imidazole rings is 2.